The number of fused-ring (bicyclic) bond motifs is 3. The zero-order valence-electron chi connectivity index (χ0n) is 10.4. The Hall–Kier alpha value is -2.16. The predicted octanol–water partition coefficient (Wildman–Crippen LogP) is 3.15. The molecule has 0 N–H and O–H groups in total. The summed E-state index contributed by atoms with van der Waals surface area (Å²) in [7, 11) is 0. The van der Waals surface area contributed by atoms with Gasteiger partial charge in [-0.15, -0.1) is 0 Å². The lowest BCUT2D eigenvalue weighted by Gasteiger charge is -2.21. The summed E-state index contributed by atoms with van der Waals surface area (Å²) in [5.74, 6) is 0.897. The van der Waals surface area contributed by atoms with E-state index < -0.39 is 0 Å². The monoisotopic (exact) mass is 239 g/mol. The lowest BCUT2D eigenvalue weighted by molar-refractivity contribution is 0.101. The summed E-state index contributed by atoms with van der Waals surface area (Å²) >= 11 is 0. The minimum absolute atomic E-state index is 0.0432. The third kappa shape index (κ3) is 1.59. The van der Waals surface area contributed by atoms with Crippen molar-refractivity contribution in [3.63, 3.8) is 0 Å². The predicted molar refractivity (Wildman–Crippen MR) is 68.7 cm³/mol. The van der Waals surface area contributed by atoms with Gasteiger partial charge in [-0.3, -0.25) is 9.78 Å². The number of benzene rings is 1. The summed E-state index contributed by atoms with van der Waals surface area (Å²) in [5, 5.41) is 0. The molecule has 0 spiro atoms. The first kappa shape index (κ1) is 11.0. The van der Waals surface area contributed by atoms with Gasteiger partial charge in [-0.05, 0) is 32.0 Å². The first-order valence-corrected chi connectivity index (χ1v) is 5.90. The van der Waals surface area contributed by atoms with E-state index in [-0.39, 0.29) is 5.78 Å². The van der Waals surface area contributed by atoms with Crippen LogP contribution in [-0.4, -0.2) is 10.8 Å². The van der Waals surface area contributed by atoms with Gasteiger partial charge in [0.25, 0.3) is 0 Å². The molecule has 2 aromatic rings. The number of hydrogen-bond donors (Lipinski definition) is 0. The Bertz CT molecular complexity index is 647. The van der Waals surface area contributed by atoms with Crippen molar-refractivity contribution in [2.45, 2.75) is 20.5 Å². The van der Waals surface area contributed by atoms with Crippen LogP contribution in [0.4, 0.5) is 0 Å². The number of ketones is 1. The third-order valence-corrected chi connectivity index (χ3v) is 3.20. The van der Waals surface area contributed by atoms with E-state index in [2.05, 4.69) is 4.98 Å². The SMILES string of the molecule is CC(=O)c1cc2c(nc1C)-c1ccccc1OC2. The zero-order valence-corrected chi connectivity index (χ0v) is 10.4. The summed E-state index contributed by atoms with van der Waals surface area (Å²) < 4.78 is 5.67. The van der Waals surface area contributed by atoms with Crippen LogP contribution in [-0.2, 0) is 6.61 Å². The van der Waals surface area contributed by atoms with E-state index >= 15 is 0 Å². The highest BCUT2D eigenvalue weighted by molar-refractivity contribution is 5.96. The van der Waals surface area contributed by atoms with E-state index in [1.807, 2.05) is 37.3 Å². The van der Waals surface area contributed by atoms with Crippen LogP contribution in [0.15, 0.2) is 30.3 Å². The average molecular weight is 239 g/mol. The molecule has 90 valence electrons. The van der Waals surface area contributed by atoms with E-state index in [4.69, 9.17) is 4.74 Å². The Kier molecular flexibility index (Phi) is 2.40. The number of rotatable bonds is 1. The largest absolute Gasteiger partial charge is 0.488 e. The van der Waals surface area contributed by atoms with Gasteiger partial charge < -0.3 is 4.74 Å². The molecule has 0 bridgehead atoms. The van der Waals surface area contributed by atoms with E-state index in [0.717, 1.165) is 28.3 Å². The number of para-hydroxylation sites is 1. The molecule has 3 heteroatoms. The molecular weight excluding hydrogens is 226 g/mol. The van der Waals surface area contributed by atoms with E-state index in [9.17, 15) is 4.79 Å². The van der Waals surface area contributed by atoms with Crippen molar-refractivity contribution in [2.24, 2.45) is 0 Å². The van der Waals surface area contributed by atoms with E-state index in [0.29, 0.717) is 12.2 Å². The van der Waals surface area contributed by atoms with Crippen LogP contribution in [0.25, 0.3) is 11.3 Å². The summed E-state index contributed by atoms with van der Waals surface area (Å²) in [6, 6.07) is 9.74. The molecule has 2 heterocycles. The van der Waals surface area contributed by atoms with Crippen LogP contribution in [0.2, 0.25) is 0 Å². The normalized spacial score (nSPS) is 12.3. The number of ether oxygens (including phenoxy) is 1. The number of hydrogen-bond acceptors (Lipinski definition) is 3. The summed E-state index contributed by atoms with van der Waals surface area (Å²) in [6.45, 7) is 3.91. The highest BCUT2D eigenvalue weighted by Gasteiger charge is 2.20. The van der Waals surface area contributed by atoms with Crippen LogP contribution in [0.5, 0.6) is 5.75 Å². The Morgan fingerprint density at radius 1 is 1.33 bits per heavy atom. The maximum absolute atomic E-state index is 11.5. The number of carbonyl (C=O) groups excluding carboxylic acids is 1. The second-order valence-corrected chi connectivity index (χ2v) is 4.47. The molecule has 0 saturated heterocycles. The molecule has 0 amide bonds. The molecule has 18 heavy (non-hydrogen) atoms. The fourth-order valence-electron chi connectivity index (χ4n) is 2.29. The molecule has 0 saturated carbocycles. The number of aromatic nitrogens is 1. The topological polar surface area (TPSA) is 39.2 Å². The minimum Gasteiger partial charge on any atom is -0.488 e. The second kappa shape index (κ2) is 3.95. The molecule has 0 fully saturated rings. The van der Waals surface area contributed by atoms with Crippen molar-refractivity contribution in [1.29, 1.82) is 0 Å². The molecule has 3 rings (SSSR count). The van der Waals surface area contributed by atoms with Crippen molar-refractivity contribution in [3.05, 3.63) is 47.2 Å². The lowest BCUT2D eigenvalue weighted by Crippen LogP contribution is -2.10. The number of nitrogens with zero attached hydrogens (tertiary/aromatic N) is 1. The molecule has 1 aromatic heterocycles. The Labute approximate surface area is 105 Å². The molecule has 0 radical (unpaired) electrons. The molecular formula is C15H13NO2. The number of aryl methyl sites for hydroxylation is 1. The highest BCUT2D eigenvalue weighted by Crippen LogP contribution is 2.36. The summed E-state index contributed by atoms with van der Waals surface area (Å²) in [5.41, 5.74) is 4.36. The van der Waals surface area contributed by atoms with E-state index in [1.54, 1.807) is 6.92 Å². The lowest BCUT2D eigenvalue weighted by atomic mass is 9.99. The van der Waals surface area contributed by atoms with Gasteiger partial charge in [0.1, 0.15) is 12.4 Å². The second-order valence-electron chi connectivity index (χ2n) is 4.47. The number of Topliss-reactive ketones (excluding diaryl/α,β-unsaturated/α-hetero) is 1. The van der Waals surface area contributed by atoms with Crippen molar-refractivity contribution in [3.8, 4) is 17.0 Å². The average Bonchev–Trinajstić information content (AvgIpc) is 2.37. The van der Waals surface area contributed by atoms with Gasteiger partial charge in [0.2, 0.25) is 0 Å². The van der Waals surface area contributed by atoms with Crippen molar-refractivity contribution >= 4 is 5.78 Å². The van der Waals surface area contributed by atoms with Crippen LogP contribution in [0.3, 0.4) is 0 Å². The highest BCUT2D eigenvalue weighted by atomic mass is 16.5. The smallest absolute Gasteiger partial charge is 0.161 e. The Balaban J connectivity index is 2.24. The van der Waals surface area contributed by atoms with Gasteiger partial charge in [0, 0.05) is 22.4 Å². The molecule has 0 aliphatic carbocycles. The van der Waals surface area contributed by atoms with Crippen LogP contribution < -0.4 is 4.74 Å². The maximum Gasteiger partial charge on any atom is 0.161 e. The Morgan fingerprint density at radius 3 is 2.89 bits per heavy atom. The van der Waals surface area contributed by atoms with Crippen molar-refractivity contribution in [1.82, 2.24) is 4.98 Å². The van der Waals surface area contributed by atoms with Crippen molar-refractivity contribution < 1.29 is 9.53 Å². The molecule has 0 atom stereocenters. The van der Waals surface area contributed by atoms with Crippen LogP contribution >= 0.6 is 0 Å². The van der Waals surface area contributed by atoms with Gasteiger partial charge in [-0.2, -0.15) is 0 Å². The van der Waals surface area contributed by atoms with Crippen LogP contribution in [0, 0.1) is 6.92 Å². The van der Waals surface area contributed by atoms with Gasteiger partial charge in [0.05, 0.1) is 5.69 Å². The quantitative estimate of drug-likeness (QED) is 0.717. The molecule has 1 aliphatic rings. The van der Waals surface area contributed by atoms with Gasteiger partial charge in [-0.1, -0.05) is 12.1 Å². The van der Waals surface area contributed by atoms with Crippen LogP contribution in [0.1, 0.15) is 28.5 Å². The van der Waals surface area contributed by atoms with Gasteiger partial charge >= 0.3 is 0 Å². The molecule has 0 unspecified atom stereocenters. The van der Waals surface area contributed by atoms with E-state index in [1.165, 1.54) is 0 Å². The first-order chi connectivity index (χ1) is 8.66. The minimum atomic E-state index is 0.0432. The number of pyridine rings is 1. The Morgan fingerprint density at radius 2 is 2.11 bits per heavy atom. The zero-order chi connectivity index (χ0) is 12.7. The summed E-state index contributed by atoms with van der Waals surface area (Å²) in [4.78, 5) is 16.1. The molecule has 1 aliphatic heterocycles. The standard InChI is InChI=1S/C15H13NO2/c1-9-13(10(2)17)7-11-8-18-14-6-4-3-5-12(14)15(11)16-9/h3-7H,8H2,1-2H3. The summed E-state index contributed by atoms with van der Waals surface area (Å²) in [6.07, 6.45) is 0. The fourth-order valence-corrected chi connectivity index (χ4v) is 2.29. The molecule has 3 nitrogen and oxygen atoms in total. The molecule has 1 aromatic carbocycles. The number of carbonyl (C=O) groups is 1. The van der Waals surface area contributed by atoms with Gasteiger partial charge in [0.15, 0.2) is 5.78 Å². The van der Waals surface area contributed by atoms with Gasteiger partial charge in [-0.25, -0.2) is 0 Å². The maximum atomic E-state index is 11.5. The third-order valence-electron chi connectivity index (χ3n) is 3.20. The first-order valence-electron chi connectivity index (χ1n) is 5.90. The van der Waals surface area contributed by atoms with Crippen molar-refractivity contribution in [2.75, 3.05) is 0 Å². The fraction of sp³-hybridized carbons (Fsp3) is 0.200.